The predicted molar refractivity (Wildman–Crippen MR) is 76.1 cm³/mol. The summed E-state index contributed by atoms with van der Waals surface area (Å²) in [5, 5.41) is 18.8. The lowest BCUT2D eigenvalue weighted by Crippen LogP contribution is -2.12. The lowest BCUT2D eigenvalue weighted by atomic mass is 9.97. The normalized spacial score (nSPS) is 11.6. The average molecular weight is 265 g/mol. The van der Waals surface area contributed by atoms with Crippen LogP contribution in [0.2, 0.25) is 0 Å². The van der Waals surface area contributed by atoms with Gasteiger partial charge in [0.2, 0.25) is 0 Å². The Morgan fingerprint density at radius 1 is 1.15 bits per heavy atom. The van der Waals surface area contributed by atoms with Gasteiger partial charge in [0.05, 0.1) is 6.07 Å². The first kappa shape index (κ1) is 14.0. The van der Waals surface area contributed by atoms with Crippen LogP contribution in [0.25, 0.3) is 0 Å². The number of benzene rings is 2. The zero-order valence-electron chi connectivity index (χ0n) is 11.0. The number of aliphatic hydroxyl groups excluding tert-OH is 1. The van der Waals surface area contributed by atoms with E-state index in [0.29, 0.717) is 24.0 Å². The highest BCUT2D eigenvalue weighted by Crippen LogP contribution is 2.20. The van der Waals surface area contributed by atoms with Crippen molar-refractivity contribution in [3.63, 3.8) is 0 Å². The minimum atomic E-state index is -1.17. The molecule has 0 saturated carbocycles. The van der Waals surface area contributed by atoms with Crippen LogP contribution in [0.3, 0.4) is 0 Å². The van der Waals surface area contributed by atoms with Gasteiger partial charge in [-0.3, -0.25) is 4.79 Å². The molecule has 2 aromatic carbocycles. The van der Waals surface area contributed by atoms with Gasteiger partial charge in [0.15, 0.2) is 5.78 Å². The fourth-order valence-electron chi connectivity index (χ4n) is 2.03. The van der Waals surface area contributed by atoms with Gasteiger partial charge in [-0.15, -0.1) is 0 Å². The summed E-state index contributed by atoms with van der Waals surface area (Å²) in [7, 11) is 0. The van der Waals surface area contributed by atoms with E-state index in [1.54, 1.807) is 42.5 Å². The Kier molecular flexibility index (Phi) is 4.65. The molecule has 100 valence electrons. The van der Waals surface area contributed by atoms with Gasteiger partial charge in [0.1, 0.15) is 6.10 Å². The summed E-state index contributed by atoms with van der Waals surface area (Å²) in [6, 6.07) is 18.0. The van der Waals surface area contributed by atoms with Crippen molar-refractivity contribution < 1.29 is 9.90 Å². The highest BCUT2D eigenvalue weighted by atomic mass is 16.3. The molecule has 0 heterocycles. The maximum Gasteiger partial charge on any atom is 0.195 e. The number of carbonyl (C=O) groups is 1. The summed E-state index contributed by atoms with van der Waals surface area (Å²) in [4.78, 5) is 12.2. The van der Waals surface area contributed by atoms with E-state index in [4.69, 9.17) is 5.26 Å². The third-order valence-electron chi connectivity index (χ3n) is 3.10. The lowest BCUT2D eigenvalue weighted by molar-refractivity contribution is 0.0747. The Morgan fingerprint density at radius 3 is 2.60 bits per heavy atom. The van der Waals surface area contributed by atoms with E-state index < -0.39 is 6.10 Å². The fourth-order valence-corrected chi connectivity index (χ4v) is 2.03. The molecule has 0 saturated heterocycles. The topological polar surface area (TPSA) is 61.1 Å². The molecule has 0 aliphatic carbocycles. The van der Waals surface area contributed by atoms with Gasteiger partial charge >= 0.3 is 0 Å². The molecule has 0 aromatic heterocycles. The zero-order chi connectivity index (χ0) is 14.4. The van der Waals surface area contributed by atoms with Gasteiger partial charge in [-0.1, -0.05) is 54.6 Å². The van der Waals surface area contributed by atoms with E-state index >= 15 is 0 Å². The first-order chi connectivity index (χ1) is 9.72. The molecule has 3 nitrogen and oxygen atoms in total. The summed E-state index contributed by atoms with van der Waals surface area (Å²) in [5.74, 6) is -0.317. The third-order valence-corrected chi connectivity index (χ3v) is 3.10. The van der Waals surface area contributed by atoms with Crippen LogP contribution in [-0.2, 0) is 6.42 Å². The van der Waals surface area contributed by atoms with Gasteiger partial charge in [-0.25, -0.2) is 0 Å². The first-order valence-corrected chi connectivity index (χ1v) is 6.45. The van der Waals surface area contributed by atoms with Crippen LogP contribution in [0.1, 0.15) is 34.0 Å². The molecule has 3 heteroatoms. The van der Waals surface area contributed by atoms with Crippen LogP contribution in [0.15, 0.2) is 54.6 Å². The molecule has 0 aliphatic rings. The highest BCUT2D eigenvalue weighted by Gasteiger charge is 2.18. The van der Waals surface area contributed by atoms with Crippen molar-refractivity contribution in [2.75, 3.05) is 0 Å². The number of hydrogen-bond donors (Lipinski definition) is 1. The van der Waals surface area contributed by atoms with Crippen molar-refractivity contribution in [1.82, 2.24) is 0 Å². The monoisotopic (exact) mass is 265 g/mol. The molecule has 2 aromatic rings. The molecule has 1 unspecified atom stereocenters. The number of Topliss-reactive ketones (excluding diaryl/α,β-unsaturated/α-hetero) is 1. The summed E-state index contributed by atoms with van der Waals surface area (Å²) < 4.78 is 0. The average Bonchev–Trinajstić information content (AvgIpc) is 2.52. The number of ketones is 1. The van der Waals surface area contributed by atoms with Gasteiger partial charge in [0, 0.05) is 12.0 Å². The van der Waals surface area contributed by atoms with E-state index in [9.17, 15) is 9.90 Å². The van der Waals surface area contributed by atoms with Gasteiger partial charge in [0.25, 0.3) is 0 Å². The molecule has 2 rings (SSSR count). The molecule has 0 bridgehead atoms. The van der Waals surface area contributed by atoms with Crippen molar-refractivity contribution in [3.05, 3.63) is 71.3 Å². The zero-order valence-corrected chi connectivity index (χ0v) is 11.0. The van der Waals surface area contributed by atoms with Crippen molar-refractivity contribution in [1.29, 1.82) is 5.26 Å². The Morgan fingerprint density at radius 2 is 1.90 bits per heavy atom. The molecule has 0 fully saturated rings. The van der Waals surface area contributed by atoms with Crippen LogP contribution in [0.5, 0.6) is 0 Å². The van der Waals surface area contributed by atoms with Crippen molar-refractivity contribution in [2.45, 2.75) is 18.9 Å². The lowest BCUT2D eigenvalue weighted by Gasteiger charge is -2.11. The number of nitriles is 1. The van der Waals surface area contributed by atoms with Gasteiger partial charge in [-0.2, -0.15) is 5.26 Å². The molecule has 0 spiro atoms. The minimum Gasteiger partial charge on any atom is -0.380 e. The fraction of sp³-hybridized carbons (Fsp3) is 0.176. The quantitative estimate of drug-likeness (QED) is 0.845. The van der Waals surface area contributed by atoms with Crippen molar-refractivity contribution in [3.8, 4) is 6.07 Å². The summed E-state index contributed by atoms with van der Waals surface area (Å²) in [6.07, 6.45) is -0.123. The van der Waals surface area contributed by atoms with E-state index in [-0.39, 0.29) is 5.78 Å². The van der Waals surface area contributed by atoms with Crippen molar-refractivity contribution in [2.24, 2.45) is 0 Å². The number of hydrogen-bond acceptors (Lipinski definition) is 3. The number of rotatable bonds is 5. The van der Waals surface area contributed by atoms with Crippen LogP contribution in [-0.4, -0.2) is 10.9 Å². The van der Waals surface area contributed by atoms with E-state index in [1.165, 1.54) is 0 Å². The minimum absolute atomic E-state index is 0.317. The Bertz CT molecular complexity index is 629. The van der Waals surface area contributed by atoms with E-state index in [1.807, 2.05) is 12.1 Å². The SMILES string of the molecule is N#CCCc1cccc(C(O)C(=O)c2ccccc2)c1. The second-order valence-corrected chi connectivity index (χ2v) is 4.54. The molecule has 0 radical (unpaired) electrons. The standard InChI is InChI=1S/C17H15NO2/c18-11-5-7-13-6-4-10-15(12-13)17(20)16(19)14-8-2-1-3-9-14/h1-4,6,8-10,12,17,20H,5,7H2. The molecular weight excluding hydrogens is 250 g/mol. The second kappa shape index (κ2) is 6.65. The second-order valence-electron chi connectivity index (χ2n) is 4.54. The molecular formula is C17H15NO2. The maximum atomic E-state index is 12.2. The molecule has 0 amide bonds. The van der Waals surface area contributed by atoms with Crippen LogP contribution >= 0.6 is 0 Å². The van der Waals surface area contributed by atoms with Crippen LogP contribution in [0, 0.1) is 11.3 Å². The Balaban J connectivity index is 2.19. The third kappa shape index (κ3) is 3.31. The number of carbonyl (C=O) groups excluding carboxylic acids is 1. The molecule has 0 aliphatic heterocycles. The largest absolute Gasteiger partial charge is 0.380 e. The van der Waals surface area contributed by atoms with Crippen LogP contribution in [0.4, 0.5) is 0 Å². The Labute approximate surface area is 118 Å². The maximum absolute atomic E-state index is 12.2. The molecule has 1 atom stereocenters. The molecule has 20 heavy (non-hydrogen) atoms. The van der Waals surface area contributed by atoms with Gasteiger partial charge in [-0.05, 0) is 17.5 Å². The summed E-state index contributed by atoms with van der Waals surface area (Å²) in [5.41, 5.74) is 2.00. The van der Waals surface area contributed by atoms with Crippen molar-refractivity contribution >= 4 is 5.78 Å². The van der Waals surface area contributed by atoms with Gasteiger partial charge < -0.3 is 5.11 Å². The molecule has 1 N–H and O–H groups in total. The van der Waals surface area contributed by atoms with E-state index in [2.05, 4.69) is 6.07 Å². The Hall–Kier alpha value is -2.44. The predicted octanol–water partition coefficient (Wildman–Crippen LogP) is 3.06. The smallest absolute Gasteiger partial charge is 0.195 e. The summed E-state index contributed by atoms with van der Waals surface area (Å²) >= 11 is 0. The number of nitrogens with zero attached hydrogens (tertiary/aromatic N) is 1. The first-order valence-electron chi connectivity index (χ1n) is 6.45. The van der Waals surface area contributed by atoms with E-state index in [0.717, 1.165) is 5.56 Å². The number of aliphatic hydroxyl groups is 1. The highest BCUT2D eigenvalue weighted by molar-refractivity contribution is 5.99. The summed E-state index contributed by atoms with van der Waals surface area (Å²) in [6.45, 7) is 0. The van der Waals surface area contributed by atoms with Crippen LogP contribution < -0.4 is 0 Å². The number of aryl methyl sites for hydroxylation is 1.